The molecule has 1 fully saturated rings. The standard InChI is InChI=1S/C22H28N6O4/c1-22(2,3)32-21(29)27-9-8-14(11-27)16-12-28-20(23-13-24-28)19(26-16)25-15-6-7-17(30-4)18(10-15)31-5/h6-7,10,12-14H,8-9,11H2,1-5H3,(H,25,26)/t14-/m0/s1. The Morgan fingerprint density at radius 2 is 1.97 bits per heavy atom. The highest BCUT2D eigenvalue weighted by molar-refractivity contribution is 5.71. The van der Waals surface area contributed by atoms with Crippen molar-refractivity contribution in [3.8, 4) is 11.5 Å². The van der Waals surface area contributed by atoms with Crippen LogP contribution < -0.4 is 14.8 Å². The van der Waals surface area contributed by atoms with Crippen LogP contribution in [-0.4, -0.2) is 63.5 Å². The van der Waals surface area contributed by atoms with Gasteiger partial charge in [-0.15, -0.1) is 0 Å². The zero-order chi connectivity index (χ0) is 22.9. The number of methoxy groups -OCH3 is 2. The van der Waals surface area contributed by atoms with Crippen molar-refractivity contribution < 1.29 is 19.0 Å². The van der Waals surface area contributed by atoms with Gasteiger partial charge in [0.05, 0.1) is 26.1 Å². The van der Waals surface area contributed by atoms with Crippen LogP contribution in [0.4, 0.5) is 16.3 Å². The summed E-state index contributed by atoms with van der Waals surface area (Å²) in [4.78, 5) is 23.3. The lowest BCUT2D eigenvalue weighted by molar-refractivity contribution is 0.0292. The largest absolute Gasteiger partial charge is 0.493 e. The van der Waals surface area contributed by atoms with Gasteiger partial charge in [-0.05, 0) is 39.3 Å². The predicted octanol–water partition coefficient (Wildman–Crippen LogP) is 3.61. The minimum absolute atomic E-state index is 0.0714. The molecule has 0 saturated carbocycles. The van der Waals surface area contributed by atoms with Crippen LogP contribution in [0.1, 0.15) is 38.8 Å². The van der Waals surface area contributed by atoms with Crippen molar-refractivity contribution in [3.63, 3.8) is 0 Å². The SMILES string of the molecule is COc1ccc(Nc2nc([C@H]3CCN(C(=O)OC(C)(C)C)C3)cn3ncnc23)cc1OC. The molecule has 1 saturated heterocycles. The molecular formula is C22H28N6O4. The molecule has 1 aliphatic rings. The highest BCUT2D eigenvalue weighted by Crippen LogP contribution is 2.33. The Hall–Kier alpha value is -3.56. The second kappa shape index (κ2) is 8.52. The van der Waals surface area contributed by atoms with Crippen LogP contribution in [0.2, 0.25) is 0 Å². The lowest BCUT2D eigenvalue weighted by atomic mass is 10.1. The van der Waals surface area contributed by atoms with E-state index >= 15 is 0 Å². The van der Waals surface area contributed by atoms with Crippen molar-refractivity contribution in [2.45, 2.75) is 38.7 Å². The molecule has 0 aliphatic carbocycles. The molecule has 10 nitrogen and oxygen atoms in total. The minimum Gasteiger partial charge on any atom is -0.493 e. The number of amides is 1. The Balaban J connectivity index is 1.58. The van der Waals surface area contributed by atoms with Crippen molar-refractivity contribution in [1.82, 2.24) is 24.5 Å². The number of hydrogen-bond acceptors (Lipinski definition) is 8. The Kier molecular flexibility index (Phi) is 5.77. The summed E-state index contributed by atoms with van der Waals surface area (Å²) in [5, 5.41) is 7.61. The number of likely N-dealkylation sites (tertiary alicyclic amines) is 1. The molecule has 1 amide bonds. The second-order valence-electron chi connectivity index (χ2n) is 8.65. The number of carbonyl (C=O) groups excluding carboxylic acids is 1. The van der Waals surface area contributed by atoms with Crippen LogP contribution in [0.15, 0.2) is 30.7 Å². The van der Waals surface area contributed by atoms with Crippen molar-refractivity contribution in [2.24, 2.45) is 0 Å². The molecule has 32 heavy (non-hydrogen) atoms. The second-order valence-corrected chi connectivity index (χ2v) is 8.65. The number of anilines is 2. The fourth-order valence-electron chi connectivity index (χ4n) is 3.67. The molecule has 1 aliphatic heterocycles. The Bertz CT molecular complexity index is 1120. The monoisotopic (exact) mass is 440 g/mol. The van der Waals surface area contributed by atoms with Crippen molar-refractivity contribution >= 4 is 23.2 Å². The number of carbonyl (C=O) groups is 1. The summed E-state index contributed by atoms with van der Waals surface area (Å²) >= 11 is 0. The van der Waals surface area contributed by atoms with E-state index in [0.29, 0.717) is 36.1 Å². The Morgan fingerprint density at radius 1 is 1.19 bits per heavy atom. The minimum atomic E-state index is -0.524. The van der Waals surface area contributed by atoms with E-state index in [4.69, 9.17) is 19.2 Å². The first-order valence-corrected chi connectivity index (χ1v) is 10.4. The van der Waals surface area contributed by atoms with E-state index in [1.807, 2.05) is 45.2 Å². The van der Waals surface area contributed by atoms with E-state index in [0.717, 1.165) is 17.8 Å². The van der Waals surface area contributed by atoms with Crippen molar-refractivity contribution in [3.05, 3.63) is 36.4 Å². The van der Waals surface area contributed by atoms with Crippen LogP contribution in [0, 0.1) is 0 Å². The summed E-state index contributed by atoms with van der Waals surface area (Å²) in [5.41, 5.74) is 1.69. The van der Waals surface area contributed by atoms with Crippen LogP contribution >= 0.6 is 0 Å². The van der Waals surface area contributed by atoms with Gasteiger partial charge in [0.1, 0.15) is 11.9 Å². The van der Waals surface area contributed by atoms with E-state index in [9.17, 15) is 4.79 Å². The van der Waals surface area contributed by atoms with Gasteiger partial charge >= 0.3 is 6.09 Å². The van der Waals surface area contributed by atoms with Crippen LogP contribution in [0.25, 0.3) is 5.65 Å². The Labute approximate surface area is 186 Å². The fraction of sp³-hybridized carbons (Fsp3) is 0.455. The van der Waals surface area contributed by atoms with Crippen molar-refractivity contribution in [1.29, 1.82) is 0 Å². The molecule has 1 N–H and O–H groups in total. The van der Waals surface area contributed by atoms with Gasteiger partial charge in [-0.25, -0.2) is 19.3 Å². The van der Waals surface area contributed by atoms with Crippen LogP contribution in [0.3, 0.4) is 0 Å². The molecule has 1 aromatic carbocycles. The number of fused-ring (bicyclic) bond motifs is 1. The van der Waals surface area contributed by atoms with Gasteiger partial charge in [0.25, 0.3) is 0 Å². The Morgan fingerprint density at radius 3 is 2.69 bits per heavy atom. The molecular weight excluding hydrogens is 412 g/mol. The van der Waals surface area contributed by atoms with Gasteiger partial charge in [-0.3, -0.25) is 0 Å². The van der Waals surface area contributed by atoms with E-state index in [2.05, 4.69) is 15.4 Å². The van der Waals surface area contributed by atoms with E-state index in [-0.39, 0.29) is 12.0 Å². The maximum absolute atomic E-state index is 12.5. The van der Waals surface area contributed by atoms with Gasteiger partial charge in [0.15, 0.2) is 23.0 Å². The highest BCUT2D eigenvalue weighted by atomic mass is 16.6. The molecule has 3 aromatic rings. The molecule has 10 heteroatoms. The fourth-order valence-corrected chi connectivity index (χ4v) is 3.67. The number of nitrogens with one attached hydrogen (secondary N) is 1. The van der Waals surface area contributed by atoms with E-state index in [1.54, 1.807) is 23.6 Å². The number of rotatable bonds is 5. The zero-order valence-electron chi connectivity index (χ0n) is 19.0. The molecule has 3 heterocycles. The quantitative estimate of drug-likeness (QED) is 0.642. The predicted molar refractivity (Wildman–Crippen MR) is 119 cm³/mol. The third-order valence-corrected chi connectivity index (χ3v) is 5.18. The number of hydrogen-bond donors (Lipinski definition) is 1. The van der Waals surface area contributed by atoms with Gasteiger partial charge in [0.2, 0.25) is 0 Å². The maximum atomic E-state index is 12.5. The molecule has 1 atom stereocenters. The summed E-state index contributed by atoms with van der Waals surface area (Å²) < 4.78 is 17.9. The average Bonchev–Trinajstić information content (AvgIpc) is 3.42. The molecule has 0 spiro atoms. The first-order chi connectivity index (χ1) is 15.3. The first kappa shape index (κ1) is 21.7. The number of nitrogens with zero attached hydrogens (tertiary/aromatic N) is 5. The lowest BCUT2D eigenvalue weighted by Crippen LogP contribution is -2.35. The zero-order valence-corrected chi connectivity index (χ0v) is 19.0. The van der Waals surface area contributed by atoms with Crippen LogP contribution in [0.5, 0.6) is 11.5 Å². The molecule has 0 unspecified atom stereocenters. The molecule has 2 aromatic heterocycles. The van der Waals surface area contributed by atoms with Gasteiger partial charge in [-0.1, -0.05) is 0 Å². The summed E-state index contributed by atoms with van der Waals surface area (Å²) in [6, 6.07) is 5.53. The third-order valence-electron chi connectivity index (χ3n) is 5.18. The van der Waals surface area contributed by atoms with E-state index in [1.165, 1.54) is 6.33 Å². The van der Waals surface area contributed by atoms with E-state index < -0.39 is 5.60 Å². The lowest BCUT2D eigenvalue weighted by Gasteiger charge is -2.24. The van der Waals surface area contributed by atoms with Gasteiger partial charge in [-0.2, -0.15) is 5.10 Å². The molecule has 170 valence electrons. The number of ether oxygens (including phenoxy) is 3. The van der Waals surface area contributed by atoms with Gasteiger partial charge < -0.3 is 24.4 Å². The third kappa shape index (κ3) is 4.53. The summed E-state index contributed by atoms with van der Waals surface area (Å²) in [5.74, 6) is 1.89. The first-order valence-electron chi connectivity index (χ1n) is 10.4. The summed E-state index contributed by atoms with van der Waals surface area (Å²) in [6.07, 6.45) is 3.85. The summed E-state index contributed by atoms with van der Waals surface area (Å²) in [7, 11) is 3.19. The normalized spacial score (nSPS) is 16.3. The van der Waals surface area contributed by atoms with Gasteiger partial charge in [0, 0.05) is 30.8 Å². The topological polar surface area (TPSA) is 103 Å². The smallest absolute Gasteiger partial charge is 0.410 e. The van der Waals surface area contributed by atoms with Crippen LogP contribution in [-0.2, 0) is 4.74 Å². The number of aromatic nitrogens is 4. The highest BCUT2D eigenvalue weighted by Gasteiger charge is 2.32. The molecule has 0 bridgehead atoms. The summed E-state index contributed by atoms with van der Waals surface area (Å²) in [6.45, 7) is 6.76. The van der Waals surface area contributed by atoms with Crippen molar-refractivity contribution in [2.75, 3.05) is 32.6 Å². The molecule has 0 radical (unpaired) electrons. The molecule has 4 rings (SSSR count). The maximum Gasteiger partial charge on any atom is 0.410 e. The number of benzene rings is 1. The average molecular weight is 441 g/mol.